The van der Waals surface area contributed by atoms with Gasteiger partial charge in [0.1, 0.15) is 22.7 Å². The van der Waals surface area contributed by atoms with Crippen LogP contribution in [0.5, 0.6) is 5.75 Å². The van der Waals surface area contributed by atoms with Gasteiger partial charge in [-0.05, 0) is 42.0 Å². The standard InChI is InChI=1S/C24H21NO5/c1-15(21-13-18-9-5-6-10-20(18)30-21)25-23(26)14-29-24(27)19-11-16-7-3-4-8-17(16)12-22(19)28-2/h3-13,15H,14H2,1-2H3,(H,25,26)/t15-/m1/s1. The van der Waals surface area contributed by atoms with Gasteiger partial charge in [0.25, 0.3) is 5.91 Å². The third kappa shape index (κ3) is 3.98. The van der Waals surface area contributed by atoms with Crippen LogP contribution in [0, 0.1) is 0 Å². The molecule has 0 unspecified atom stereocenters. The first-order chi connectivity index (χ1) is 14.5. The largest absolute Gasteiger partial charge is 0.496 e. The first-order valence-electron chi connectivity index (χ1n) is 9.57. The molecule has 0 bridgehead atoms. The molecule has 0 aliphatic rings. The summed E-state index contributed by atoms with van der Waals surface area (Å²) in [5.41, 5.74) is 1.03. The highest BCUT2D eigenvalue weighted by atomic mass is 16.5. The van der Waals surface area contributed by atoms with Gasteiger partial charge in [-0.15, -0.1) is 0 Å². The molecule has 1 atom stereocenters. The second-order valence-corrected chi connectivity index (χ2v) is 6.95. The monoisotopic (exact) mass is 403 g/mol. The zero-order chi connectivity index (χ0) is 21.1. The van der Waals surface area contributed by atoms with E-state index < -0.39 is 18.5 Å². The first-order valence-corrected chi connectivity index (χ1v) is 9.57. The van der Waals surface area contributed by atoms with E-state index in [1.54, 1.807) is 12.1 Å². The number of carbonyl (C=O) groups is 2. The topological polar surface area (TPSA) is 77.8 Å². The van der Waals surface area contributed by atoms with Gasteiger partial charge in [0.15, 0.2) is 6.61 Å². The number of amides is 1. The lowest BCUT2D eigenvalue weighted by Crippen LogP contribution is -2.31. The van der Waals surface area contributed by atoms with Gasteiger partial charge < -0.3 is 19.2 Å². The smallest absolute Gasteiger partial charge is 0.342 e. The van der Waals surface area contributed by atoms with Gasteiger partial charge in [0.2, 0.25) is 0 Å². The van der Waals surface area contributed by atoms with Crippen molar-refractivity contribution in [2.24, 2.45) is 0 Å². The van der Waals surface area contributed by atoms with E-state index in [4.69, 9.17) is 13.9 Å². The molecular formula is C24H21NO5. The van der Waals surface area contributed by atoms with Crippen LogP contribution in [-0.2, 0) is 9.53 Å². The van der Waals surface area contributed by atoms with Crippen molar-refractivity contribution >= 4 is 33.6 Å². The Morgan fingerprint density at radius 1 is 0.967 bits per heavy atom. The molecule has 3 aromatic carbocycles. The predicted molar refractivity (Wildman–Crippen MR) is 114 cm³/mol. The highest BCUT2D eigenvalue weighted by Gasteiger charge is 2.18. The third-order valence-electron chi connectivity index (χ3n) is 4.87. The molecule has 0 saturated carbocycles. The zero-order valence-electron chi connectivity index (χ0n) is 16.7. The number of benzene rings is 3. The number of fused-ring (bicyclic) bond motifs is 2. The molecular weight excluding hydrogens is 382 g/mol. The number of ether oxygens (including phenoxy) is 2. The fourth-order valence-corrected chi connectivity index (χ4v) is 3.33. The summed E-state index contributed by atoms with van der Waals surface area (Å²) < 4.78 is 16.3. The fourth-order valence-electron chi connectivity index (χ4n) is 3.33. The number of rotatable bonds is 6. The lowest BCUT2D eigenvalue weighted by atomic mass is 10.1. The third-order valence-corrected chi connectivity index (χ3v) is 4.87. The van der Waals surface area contributed by atoms with Gasteiger partial charge in [0, 0.05) is 5.39 Å². The van der Waals surface area contributed by atoms with Crippen molar-refractivity contribution in [3.05, 3.63) is 78.1 Å². The van der Waals surface area contributed by atoms with E-state index >= 15 is 0 Å². The molecule has 0 fully saturated rings. The molecule has 0 aliphatic heterocycles. The molecule has 1 amide bonds. The molecule has 152 valence electrons. The highest BCUT2D eigenvalue weighted by molar-refractivity contribution is 5.99. The Hall–Kier alpha value is -3.80. The normalized spacial score (nSPS) is 11.9. The molecule has 6 nitrogen and oxygen atoms in total. The van der Waals surface area contributed by atoms with Gasteiger partial charge in [-0.1, -0.05) is 42.5 Å². The summed E-state index contributed by atoms with van der Waals surface area (Å²) in [4.78, 5) is 24.8. The summed E-state index contributed by atoms with van der Waals surface area (Å²) >= 11 is 0. The summed E-state index contributed by atoms with van der Waals surface area (Å²) in [6.07, 6.45) is 0. The molecule has 4 rings (SSSR count). The van der Waals surface area contributed by atoms with Crippen LogP contribution in [0.15, 0.2) is 71.1 Å². The second-order valence-electron chi connectivity index (χ2n) is 6.95. The van der Waals surface area contributed by atoms with Crippen molar-refractivity contribution in [1.29, 1.82) is 0 Å². The summed E-state index contributed by atoms with van der Waals surface area (Å²) in [5.74, 6) is -0.0120. The van der Waals surface area contributed by atoms with Crippen LogP contribution >= 0.6 is 0 Å². The first kappa shape index (κ1) is 19.5. The highest BCUT2D eigenvalue weighted by Crippen LogP contribution is 2.27. The Labute approximate surface area is 173 Å². The van der Waals surface area contributed by atoms with Crippen molar-refractivity contribution in [3.63, 3.8) is 0 Å². The minimum absolute atomic E-state index is 0.273. The Kier molecular flexibility index (Phi) is 5.39. The van der Waals surface area contributed by atoms with Crippen molar-refractivity contribution in [1.82, 2.24) is 5.32 Å². The van der Waals surface area contributed by atoms with Crippen molar-refractivity contribution in [2.45, 2.75) is 13.0 Å². The van der Waals surface area contributed by atoms with Gasteiger partial charge in [-0.25, -0.2) is 4.79 Å². The van der Waals surface area contributed by atoms with Crippen LogP contribution in [0.2, 0.25) is 0 Å². The maximum absolute atomic E-state index is 12.5. The van der Waals surface area contributed by atoms with E-state index in [-0.39, 0.29) is 11.6 Å². The number of carbonyl (C=O) groups excluding carboxylic acids is 2. The number of methoxy groups -OCH3 is 1. The fraction of sp³-hybridized carbons (Fsp3) is 0.167. The van der Waals surface area contributed by atoms with Crippen LogP contribution in [0.25, 0.3) is 21.7 Å². The van der Waals surface area contributed by atoms with E-state index in [2.05, 4.69) is 5.32 Å². The molecule has 0 aliphatic carbocycles. The average Bonchev–Trinajstić information content (AvgIpc) is 3.21. The van der Waals surface area contributed by atoms with E-state index in [1.807, 2.05) is 61.5 Å². The lowest BCUT2D eigenvalue weighted by Gasteiger charge is -2.13. The van der Waals surface area contributed by atoms with Crippen LogP contribution in [0.3, 0.4) is 0 Å². The van der Waals surface area contributed by atoms with Crippen molar-refractivity contribution in [3.8, 4) is 5.75 Å². The Morgan fingerprint density at radius 2 is 1.63 bits per heavy atom. The molecule has 30 heavy (non-hydrogen) atoms. The molecule has 1 N–H and O–H groups in total. The quantitative estimate of drug-likeness (QED) is 0.475. The number of para-hydroxylation sites is 1. The second kappa shape index (κ2) is 8.29. The van der Waals surface area contributed by atoms with Crippen molar-refractivity contribution < 1.29 is 23.5 Å². The minimum atomic E-state index is -0.621. The van der Waals surface area contributed by atoms with Crippen LogP contribution < -0.4 is 10.1 Å². The van der Waals surface area contributed by atoms with Crippen LogP contribution in [0.4, 0.5) is 0 Å². The Balaban J connectivity index is 1.41. The summed E-state index contributed by atoms with van der Waals surface area (Å²) in [7, 11) is 1.49. The van der Waals surface area contributed by atoms with E-state index in [0.29, 0.717) is 11.5 Å². The van der Waals surface area contributed by atoms with Gasteiger partial charge in [-0.3, -0.25) is 4.79 Å². The molecule has 1 heterocycles. The molecule has 0 radical (unpaired) electrons. The summed E-state index contributed by atoms with van der Waals surface area (Å²) in [6, 6.07) is 20.2. The van der Waals surface area contributed by atoms with Crippen LogP contribution in [0.1, 0.15) is 29.1 Å². The number of furan rings is 1. The van der Waals surface area contributed by atoms with E-state index in [1.165, 1.54) is 7.11 Å². The Morgan fingerprint density at radius 3 is 2.33 bits per heavy atom. The summed E-state index contributed by atoms with van der Waals surface area (Å²) in [6.45, 7) is 1.41. The molecule has 0 saturated heterocycles. The number of nitrogens with one attached hydrogen (secondary N) is 1. The van der Waals surface area contributed by atoms with Crippen molar-refractivity contribution in [2.75, 3.05) is 13.7 Å². The average molecular weight is 403 g/mol. The van der Waals surface area contributed by atoms with Gasteiger partial charge >= 0.3 is 5.97 Å². The Bertz CT molecular complexity index is 1190. The molecule has 0 spiro atoms. The maximum atomic E-state index is 12.5. The summed E-state index contributed by atoms with van der Waals surface area (Å²) in [5, 5.41) is 5.57. The number of esters is 1. The lowest BCUT2D eigenvalue weighted by molar-refractivity contribution is -0.125. The van der Waals surface area contributed by atoms with Gasteiger partial charge in [-0.2, -0.15) is 0 Å². The van der Waals surface area contributed by atoms with E-state index in [0.717, 1.165) is 21.7 Å². The SMILES string of the molecule is COc1cc2ccccc2cc1C(=O)OCC(=O)N[C@H](C)c1cc2ccccc2o1. The van der Waals surface area contributed by atoms with Crippen LogP contribution in [-0.4, -0.2) is 25.6 Å². The zero-order valence-corrected chi connectivity index (χ0v) is 16.7. The van der Waals surface area contributed by atoms with Gasteiger partial charge in [0.05, 0.1) is 13.2 Å². The van der Waals surface area contributed by atoms with E-state index in [9.17, 15) is 9.59 Å². The molecule has 1 aromatic heterocycles. The number of hydrogen-bond donors (Lipinski definition) is 1. The molecule has 4 aromatic rings. The number of hydrogen-bond acceptors (Lipinski definition) is 5. The minimum Gasteiger partial charge on any atom is -0.496 e. The predicted octanol–water partition coefficient (Wildman–Crippen LogP) is 4.63. The molecule has 6 heteroatoms. The maximum Gasteiger partial charge on any atom is 0.342 e.